The number of benzene rings is 1. The van der Waals surface area contributed by atoms with E-state index in [2.05, 4.69) is 4.90 Å². The van der Waals surface area contributed by atoms with E-state index in [0.717, 1.165) is 12.3 Å². The molecule has 0 N–H and O–H groups in total. The van der Waals surface area contributed by atoms with Crippen LogP contribution in [0.5, 0.6) is 5.75 Å². The Bertz CT molecular complexity index is 375. The van der Waals surface area contributed by atoms with Crippen LogP contribution >= 0.6 is 24.0 Å². The predicted octanol–water partition coefficient (Wildman–Crippen LogP) is 2.96. The van der Waals surface area contributed by atoms with Crippen LogP contribution in [0.2, 0.25) is 0 Å². The molecule has 0 aliphatic carbocycles. The minimum Gasteiger partial charge on any atom is -0.492 e. The van der Waals surface area contributed by atoms with Crippen LogP contribution in [0, 0.1) is 0 Å². The molecule has 1 fully saturated rings. The highest BCUT2D eigenvalue weighted by molar-refractivity contribution is 6.67. The second kappa shape index (κ2) is 7.62. The van der Waals surface area contributed by atoms with E-state index in [4.69, 9.17) is 16.3 Å². The summed E-state index contributed by atoms with van der Waals surface area (Å²) in [6.07, 6.45) is 2.60. The molecule has 0 bridgehead atoms. The lowest BCUT2D eigenvalue weighted by Gasteiger charge is -2.14. The number of halogens is 2. The van der Waals surface area contributed by atoms with Crippen LogP contribution in [0.4, 0.5) is 0 Å². The van der Waals surface area contributed by atoms with Crippen molar-refractivity contribution in [1.82, 2.24) is 4.90 Å². The van der Waals surface area contributed by atoms with E-state index >= 15 is 0 Å². The van der Waals surface area contributed by atoms with E-state index < -0.39 is 5.24 Å². The van der Waals surface area contributed by atoms with Gasteiger partial charge in [-0.3, -0.25) is 9.69 Å². The van der Waals surface area contributed by atoms with Crippen LogP contribution in [-0.4, -0.2) is 36.4 Å². The standard InChI is InChI=1S/C13H16ClNO2.ClH/c14-13(16)11-3-5-12(6-4-11)17-10-9-15-7-1-2-8-15;/h3-6H,1-2,7-10H2;1H. The second-order valence-electron chi connectivity index (χ2n) is 4.20. The van der Waals surface area contributed by atoms with Gasteiger partial charge in [-0.15, -0.1) is 12.4 Å². The zero-order valence-electron chi connectivity index (χ0n) is 10.1. The van der Waals surface area contributed by atoms with Crippen molar-refractivity contribution in [3.8, 4) is 5.75 Å². The Morgan fingerprint density at radius 2 is 1.83 bits per heavy atom. The third-order valence-electron chi connectivity index (χ3n) is 2.96. The highest BCUT2D eigenvalue weighted by Crippen LogP contribution is 2.14. The van der Waals surface area contributed by atoms with Crippen molar-refractivity contribution in [3.05, 3.63) is 29.8 Å². The number of rotatable bonds is 5. The van der Waals surface area contributed by atoms with Gasteiger partial charge >= 0.3 is 0 Å². The summed E-state index contributed by atoms with van der Waals surface area (Å²) in [4.78, 5) is 13.3. The lowest BCUT2D eigenvalue weighted by Crippen LogP contribution is -2.25. The average Bonchev–Trinajstić information content (AvgIpc) is 2.83. The summed E-state index contributed by atoms with van der Waals surface area (Å²) in [6.45, 7) is 4.02. The van der Waals surface area contributed by atoms with Crippen molar-refractivity contribution >= 4 is 29.3 Å². The average molecular weight is 290 g/mol. The van der Waals surface area contributed by atoms with Gasteiger partial charge in [-0.25, -0.2) is 0 Å². The number of carbonyl (C=O) groups is 1. The fourth-order valence-electron chi connectivity index (χ4n) is 1.98. The Balaban J connectivity index is 0.00000162. The van der Waals surface area contributed by atoms with Gasteiger partial charge in [0.15, 0.2) is 0 Å². The minimum absolute atomic E-state index is 0. The molecule has 1 aromatic rings. The van der Waals surface area contributed by atoms with Crippen LogP contribution in [0.15, 0.2) is 24.3 Å². The lowest BCUT2D eigenvalue weighted by atomic mass is 10.2. The third kappa shape index (κ3) is 4.48. The van der Waals surface area contributed by atoms with Gasteiger partial charge in [-0.2, -0.15) is 0 Å². The molecule has 1 saturated heterocycles. The summed E-state index contributed by atoms with van der Waals surface area (Å²) in [5.41, 5.74) is 0.499. The molecule has 0 amide bonds. The number of nitrogens with zero attached hydrogens (tertiary/aromatic N) is 1. The van der Waals surface area contributed by atoms with E-state index in [9.17, 15) is 4.79 Å². The van der Waals surface area contributed by atoms with Gasteiger partial charge in [0.25, 0.3) is 5.24 Å². The first-order valence-electron chi connectivity index (χ1n) is 5.91. The SMILES string of the molecule is Cl.O=C(Cl)c1ccc(OCCN2CCCC2)cc1. The quantitative estimate of drug-likeness (QED) is 0.781. The molecule has 2 rings (SSSR count). The Hall–Kier alpha value is -0.770. The largest absolute Gasteiger partial charge is 0.492 e. The molecule has 0 aromatic heterocycles. The Labute approximate surface area is 118 Å². The van der Waals surface area contributed by atoms with Crippen LogP contribution in [0.1, 0.15) is 23.2 Å². The molecular weight excluding hydrogens is 273 g/mol. The fraction of sp³-hybridized carbons (Fsp3) is 0.462. The van der Waals surface area contributed by atoms with Crippen LogP contribution in [0.25, 0.3) is 0 Å². The number of carbonyl (C=O) groups excluding carboxylic acids is 1. The summed E-state index contributed by atoms with van der Waals surface area (Å²) in [5, 5.41) is -0.436. The van der Waals surface area contributed by atoms with Crippen molar-refractivity contribution in [3.63, 3.8) is 0 Å². The van der Waals surface area contributed by atoms with Gasteiger partial charge in [0.2, 0.25) is 0 Å². The van der Waals surface area contributed by atoms with E-state index in [1.54, 1.807) is 24.3 Å². The van der Waals surface area contributed by atoms with Crippen molar-refractivity contribution in [2.45, 2.75) is 12.8 Å². The molecule has 1 aliphatic rings. The molecule has 1 aromatic carbocycles. The van der Waals surface area contributed by atoms with Gasteiger partial charge in [-0.1, -0.05) is 0 Å². The van der Waals surface area contributed by atoms with Crippen molar-refractivity contribution < 1.29 is 9.53 Å². The normalized spacial score (nSPS) is 15.2. The third-order valence-corrected chi connectivity index (χ3v) is 3.17. The fourth-order valence-corrected chi connectivity index (χ4v) is 2.11. The summed E-state index contributed by atoms with van der Waals surface area (Å²) in [5.74, 6) is 0.783. The minimum atomic E-state index is -0.436. The lowest BCUT2D eigenvalue weighted by molar-refractivity contribution is 0.108. The molecule has 5 heteroatoms. The maximum Gasteiger partial charge on any atom is 0.252 e. The van der Waals surface area contributed by atoms with Gasteiger partial charge in [0.05, 0.1) is 0 Å². The monoisotopic (exact) mass is 289 g/mol. The summed E-state index contributed by atoms with van der Waals surface area (Å²) in [6, 6.07) is 6.92. The Morgan fingerprint density at radius 1 is 1.22 bits per heavy atom. The first-order chi connectivity index (χ1) is 8.25. The van der Waals surface area contributed by atoms with E-state index in [0.29, 0.717) is 12.2 Å². The Kier molecular flexibility index (Phi) is 6.47. The molecule has 0 unspecified atom stereocenters. The van der Waals surface area contributed by atoms with E-state index in [-0.39, 0.29) is 12.4 Å². The zero-order chi connectivity index (χ0) is 12.1. The number of likely N-dealkylation sites (tertiary alicyclic amines) is 1. The molecule has 0 saturated carbocycles. The summed E-state index contributed by atoms with van der Waals surface area (Å²) >= 11 is 5.36. The van der Waals surface area contributed by atoms with Gasteiger partial charge in [-0.05, 0) is 61.8 Å². The zero-order valence-corrected chi connectivity index (χ0v) is 11.7. The molecule has 1 heterocycles. The van der Waals surface area contributed by atoms with Crippen LogP contribution in [-0.2, 0) is 0 Å². The predicted molar refractivity (Wildman–Crippen MR) is 75.0 cm³/mol. The smallest absolute Gasteiger partial charge is 0.252 e. The first-order valence-corrected chi connectivity index (χ1v) is 6.28. The number of ether oxygens (including phenoxy) is 1. The summed E-state index contributed by atoms with van der Waals surface area (Å²) in [7, 11) is 0. The van der Waals surface area contributed by atoms with E-state index in [1.807, 2.05) is 0 Å². The van der Waals surface area contributed by atoms with Crippen LogP contribution < -0.4 is 4.74 Å². The van der Waals surface area contributed by atoms with E-state index in [1.165, 1.54) is 25.9 Å². The van der Waals surface area contributed by atoms with Crippen molar-refractivity contribution in [1.29, 1.82) is 0 Å². The van der Waals surface area contributed by atoms with Gasteiger partial charge < -0.3 is 4.74 Å². The van der Waals surface area contributed by atoms with Gasteiger partial charge in [0.1, 0.15) is 12.4 Å². The number of hydrogen-bond donors (Lipinski definition) is 0. The first kappa shape index (κ1) is 15.3. The Morgan fingerprint density at radius 3 is 2.39 bits per heavy atom. The number of hydrogen-bond acceptors (Lipinski definition) is 3. The van der Waals surface area contributed by atoms with Crippen molar-refractivity contribution in [2.75, 3.05) is 26.2 Å². The molecule has 3 nitrogen and oxygen atoms in total. The molecule has 0 atom stereocenters. The maximum atomic E-state index is 10.9. The highest BCUT2D eigenvalue weighted by Gasteiger charge is 2.10. The molecule has 18 heavy (non-hydrogen) atoms. The molecule has 100 valence electrons. The second-order valence-corrected chi connectivity index (χ2v) is 4.54. The molecular formula is C13H17Cl2NO2. The van der Waals surface area contributed by atoms with Gasteiger partial charge in [0, 0.05) is 12.1 Å². The maximum absolute atomic E-state index is 10.9. The summed E-state index contributed by atoms with van der Waals surface area (Å²) < 4.78 is 5.61. The topological polar surface area (TPSA) is 29.5 Å². The molecule has 1 aliphatic heterocycles. The van der Waals surface area contributed by atoms with Crippen molar-refractivity contribution in [2.24, 2.45) is 0 Å². The molecule has 0 spiro atoms. The van der Waals surface area contributed by atoms with Crippen LogP contribution in [0.3, 0.4) is 0 Å². The molecule has 0 radical (unpaired) electrons. The highest BCUT2D eigenvalue weighted by atomic mass is 35.5.